The summed E-state index contributed by atoms with van der Waals surface area (Å²) in [6.07, 6.45) is 1.87. The van der Waals surface area contributed by atoms with Crippen LogP contribution in [0.4, 0.5) is 0 Å². The molecule has 2 rings (SSSR count). The Morgan fingerprint density at radius 1 is 1.45 bits per heavy atom. The smallest absolute Gasteiger partial charge is 0.255 e. The van der Waals surface area contributed by atoms with E-state index >= 15 is 0 Å². The van der Waals surface area contributed by atoms with Crippen molar-refractivity contribution in [2.75, 3.05) is 20.3 Å². The van der Waals surface area contributed by atoms with E-state index < -0.39 is 5.54 Å². The molecule has 0 unspecified atom stereocenters. The van der Waals surface area contributed by atoms with Crippen LogP contribution in [-0.4, -0.2) is 36.9 Å². The Kier molecular flexibility index (Phi) is 4.42. The summed E-state index contributed by atoms with van der Waals surface area (Å²) in [7, 11) is 1.56. The molecular weight excluding hydrogens is 258 g/mol. The van der Waals surface area contributed by atoms with Gasteiger partial charge in [-0.15, -0.1) is 0 Å². The Hall–Kier alpha value is -1.85. The molecule has 1 atom stereocenters. The van der Waals surface area contributed by atoms with Crippen LogP contribution in [0, 0.1) is 0 Å². The molecule has 20 heavy (non-hydrogen) atoms. The second-order valence-corrected chi connectivity index (χ2v) is 5.07. The largest absolute Gasteiger partial charge is 0.463 e. The zero-order valence-electron chi connectivity index (χ0n) is 11.7. The number of aliphatic hydroxyl groups is 1. The highest BCUT2D eigenvalue weighted by molar-refractivity contribution is 6.06. The molecule has 0 bridgehead atoms. The van der Waals surface area contributed by atoms with Crippen LogP contribution in [0.3, 0.4) is 0 Å². The summed E-state index contributed by atoms with van der Waals surface area (Å²) in [4.78, 5) is 12.4. The van der Waals surface area contributed by atoms with E-state index in [1.54, 1.807) is 7.11 Å². The minimum atomic E-state index is -0.612. The maximum atomic E-state index is 12.4. The third-order valence-electron chi connectivity index (χ3n) is 3.27. The van der Waals surface area contributed by atoms with Gasteiger partial charge in [-0.3, -0.25) is 4.79 Å². The van der Waals surface area contributed by atoms with Crippen LogP contribution in [0.15, 0.2) is 34.9 Å². The van der Waals surface area contributed by atoms with Gasteiger partial charge in [0.05, 0.1) is 17.7 Å². The van der Waals surface area contributed by atoms with Crippen molar-refractivity contribution in [3.8, 4) is 0 Å². The maximum absolute atomic E-state index is 12.4. The summed E-state index contributed by atoms with van der Waals surface area (Å²) in [6, 6.07) is 7.37. The Labute approximate surface area is 117 Å². The van der Waals surface area contributed by atoms with E-state index in [1.165, 1.54) is 6.26 Å². The number of para-hydroxylation sites is 1. The lowest BCUT2D eigenvalue weighted by Crippen LogP contribution is -2.50. The van der Waals surface area contributed by atoms with Gasteiger partial charge >= 0.3 is 0 Å². The van der Waals surface area contributed by atoms with E-state index in [-0.39, 0.29) is 12.5 Å². The van der Waals surface area contributed by atoms with Crippen molar-refractivity contribution in [3.63, 3.8) is 0 Å². The number of hydrogen-bond donors (Lipinski definition) is 2. The first-order chi connectivity index (χ1) is 9.59. The highest BCUT2D eigenvalue weighted by atomic mass is 16.5. The van der Waals surface area contributed by atoms with Crippen LogP contribution in [-0.2, 0) is 4.74 Å². The standard InChI is InChI=1S/C15H19NO4/c1-15(7-8-17,10-19-2)16-14(18)12-9-20-13-6-4-3-5-11(12)13/h3-6,9,17H,7-8,10H2,1-2H3,(H,16,18)/t15-/m0/s1. The van der Waals surface area contributed by atoms with Crippen LogP contribution in [0.5, 0.6) is 0 Å². The summed E-state index contributed by atoms with van der Waals surface area (Å²) in [6.45, 7) is 2.15. The van der Waals surface area contributed by atoms with Crippen LogP contribution in [0.2, 0.25) is 0 Å². The molecule has 1 aromatic heterocycles. The molecule has 1 amide bonds. The van der Waals surface area contributed by atoms with Gasteiger partial charge < -0.3 is 19.6 Å². The highest BCUT2D eigenvalue weighted by Gasteiger charge is 2.27. The van der Waals surface area contributed by atoms with Crippen LogP contribution < -0.4 is 5.32 Å². The number of nitrogens with one attached hydrogen (secondary N) is 1. The fourth-order valence-corrected chi connectivity index (χ4v) is 2.23. The number of carbonyl (C=O) groups excluding carboxylic acids is 1. The van der Waals surface area contributed by atoms with Gasteiger partial charge in [-0.1, -0.05) is 18.2 Å². The zero-order valence-corrected chi connectivity index (χ0v) is 11.7. The predicted octanol–water partition coefficient (Wildman–Crippen LogP) is 1.95. The van der Waals surface area contributed by atoms with Crippen LogP contribution in [0.25, 0.3) is 11.0 Å². The number of benzene rings is 1. The molecule has 2 N–H and O–H groups in total. The number of rotatable bonds is 6. The summed E-state index contributed by atoms with van der Waals surface area (Å²) >= 11 is 0. The number of amides is 1. The molecule has 0 aliphatic carbocycles. The SMILES string of the molecule is COC[C@](C)(CCO)NC(=O)c1coc2ccccc12. The first kappa shape index (κ1) is 14.6. The number of methoxy groups -OCH3 is 1. The van der Waals surface area contributed by atoms with E-state index in [2.05, 4.69) is 5.32 Å². The topological polar surface area (TPSA) is 71.7 Å². The monoisotopic (exact) mass is 277 g/mol. The molecule has 0 radical (unpaired) electrons. The molecule has 0 aliphatic rings. The number of carbonyl (C=O) groups is 1. The fraction of sp³-hybridized carbons (Fsp3) is 0.400. The van der Waals surface area contributed by atoms with Gasteiger partial charge in [0.2, 0.25) is 0 Å². The van der Waals surface area contributed by atoms with Gasteiger partial charge in [0.15, 0.2) is 0 Å². The van der Waals surface area contributed by atoms with Crippen molar-refractivity contribution >= 4 is 16.9 Å². The first-order valence-electron chi connectivity index (χ1n) is 6.48. The lowest BCUT2D eigenvalue weighted by Gasteiger charge is -2.29. The van der Waals surface area contributed by atoms with Crippen molar-refractivity contribution in [2.24, 2.45) is 0 Å². The number of ether oxygens (including phenoxy) is 1. The maximum Gasteiger partial charge on any atom is 0.255 e. The van der Waals surface area contributed by atoms with Crippen LogP contribution >= 0.6 is 0 Å². The van der Waals surface area contributed by atoms with Crippen molar-refractivity contribution in [2.45, 2.75) is 18.9 Å². The molecule has 0 saturated heterocycles. The fourth-order valence-electron chi connectivity index (χ4n) is 2.23. The molecule has 5 nitrogen and oxygen atoms in total. The molecule has 108 valence electrons. The second kappa shape index (κ2) is 6.07. The Morgan fingerprint density at radius 3 is 2.90 bits per heavy atom. The zero-order chi connectivity index (χ0) is 14.6. The van der Waals surface area contributed by atoms with Crippen molar-refractivity contribution in [1.82, 2.24) is 5.32 Å². The number of fused-ring (bicyclic) bond motifs is 1. The molecule has 5 heteroatoms. The van der Waals surface area contributed by atoms with Crippen LogP contribution in [0.1, 0.15) is 23.7 Å². The molecule has 0 spiro atoms. The Balaban J connectivity index is 2.22. The molecule has 1 aromatic carbocycles. The number of aliphatic hydroxyl groups excluding tert-OH is 1. The average molecular weight is 277 g/mol. The highest BCUT2D eigenvalue weighted by Crippen LogP contribution is 2.21. The summed E-state index contributed by atoms with van der Waals surface area (Å²) < 4.78 is 10.5. The quantitative estimate of drug-likeness (QED) is 0.846. The minimum absolute atomic E-state index is 0.0216. The lowest BCUT2D eigenvalue weighted by atomic mass is 9.98. The van der Waals surface area contributed by atoms with Gasteiger partial charge in [-0.25, -0.2) is 0 Å². The molecule has 1 heterocycles. The van der Waals surface area contributed by atoms with Crippen molar-refractivity contribution in [1.29, 1.82) is 0 Å². The van der Waals surface area contributed by atoms with Gasteiger partial charge in [0.25, 0.3) is 5.91 Å². The van der Waals surface area contributed by atoms with E-state index in [0.29, 0.717) is 24.2 Å². The summed E-state index contributed by atoms with van der Waals surface area (Å²) in [5.41, 5.74) is 0.549. The molecule has 0 fully saturated rings. The molecule has 0 saturated carbocycles. The summed E-state index contributed by atoms with van der Waals surface area (Å²) in [5.74, 6) is -0.233. The number of furan rings is 1. The molecular formula is C15H19NO4. The van der Waals surface area contributed by atoms with E-state index in [1.807, 2.05) is 31.2 Å². The van der Waals surface area contributed by atoms with E-state index in [0.717, 1.165) is 5.39 Å². The number of hydrogen-bond acceptors (Lipinski definition) is 4. The van der Waals surface area contributed by atoms with Crippen molar-refractivity contribution in [3.05, 3.63) is 36.1 Å². The Morgan fingerprint density at radius 2 is 2.20 bits per heavy atom. The molecule has 2 aromatic rings. The van der Waals surface area contributed by atoms with Gasteiger partial charge in [0.1, 0.15) is 11.8 Å². The first-order valence-corrected chi connectivity index (χ1v) is 6.48. The van der Waals surface area contributed by atoms with Gasteiger partial charge in [0, 0.05) is 19.1 Å². The lowest BCUT2D eigenvalue weighted by molar-refractivity contribution is 0.0726. The van der Waals surface area contributed by atoms with Gasteiger partial charge in [-0.05, 0) is 19.4 Å². The van der Waals surface area contributed by atoms with E-state index in [9.17, 15) is 4.79 Å². The second-order valence-electron chi connectivity index (χ2n) is 5.07. The Bertz CT molecular complexity index is 584. The third-order valence-corrected chi connectivity index (χ3v) is 3.27. The normalized spacial score (nSPS) is 14.2. The van der Waals surface area contributed by atoms with Gasteiger partial charge in [-0.2, -0.15) is 0 Å². The van der Waals surface area contributed by atoms with Crippen molar-refractivity contribution < 1.29 is 19.1 Å². The van der Waals surface area contributed by atoms with E-state index in [4.69, 9.17) is 14.3 Å². The molecule has 0 aliphatic heterocycles. The third kappa shape index (κ3) is 3.00. The summed E-state index contributed by atoms with van der Waals surface area (Å²) in [5, 5.41) is 12.8. The minimum Gasteiger partial charge on any atom is -0.463 e. The predicted molar refractivity (Wildman–Crippen MR) is 75.7 cm³/mol. The average Bonchev–Trinajstić information content (AvgIpc) is 2.82.